The van der Waals surface area contributed by atoms with Gasteiger partial charge in [0.05, 0.1) is 0 Å². The van der Waals surface area contributed by atoms with E-state index in [0.717, 1.165) is 17.9 Å². The average Bonchev–Trinajstić information content (AvgIpc) is 2.03. The second-order valence-electron chi connectivity index (χ2n) is 5.19. The molecule has 0 aliphatic heterocycles. The second-order valence-corrected chi connectivity index (χ2v) is 5.19. The summed E-state index contributed by atoms with van der Waals surface area (Å²) in [5, 5.41) is 3.67. The molecule has 1 fully saturated rings. The molecule has 0 aromatic carbocycles. The molecule has 0 bridgehead atoms. The third-order valence-corrected chi connectivity index (χ3v) is 3.23. The van der Waals surface area contributed by atoms with Crippen LogP contribution in [0.1, 0.15) is 53.4 Å². The van der Waals surface area contributed by atoms with Crippen LogP contribution in [0.4, 0.5) is 0 Å². The Hall–Kier alpha value is -0.0400. The number of nitrogens with one attached hydrogen (secondary N) is 1. The lowest BCUT2D eigenvalue weighted by Crippen LogP contribution is -2.39. The fraction of sp³-hybridized carbons (Fsp3) is 1.00. The summed E-state index contributed by atoms with van der Waals surface area (Å²) in [4.78, 5) is 0. The number of hydrogen-bond acceptors (Lipinski definition) is 1. The summed E-state index contributed by atoms with van der Waals surface area (Å²) in [6.45, 7) is 9.23. The molecule has 1 aliphatic carbocycles. The van der Waals surface area contributed by atoms with Gasteiger partial charge in [-0.25, -0.2) is 0 Å². The van der Waals surface area contributed by atoms with Gasteiger partial charge in [-0.15, -0.1) is 0 Å². The van der Waals surface area contributed by atoms with Gasteiger partial charge in [-0.05, 0) is 24.7 Å². The predicted octanol–water partition coefficient (Wildman–Crippen LogP) is 3.20. The minimum absolute atomic E-state index is 0.649. The van der Waals surface area contributed by atoms with Crippen LogP contribution in [-0.2, 0) is 0 Å². The summed E-state index contributed by atoms with van der Waals surface area (Å²) in [6.07, 6.45) is 5.67. The molecule has 0 radical (unpaired) electrons. The molecule has 2 unspecified atom stereocenters. The van der Waals surface area contributed by atoms with Crippen LogP contribution in [0.5, 0.6) is 0 Å². The Morgan fingerprint density at radius 3 is 2.31 bits per heavy atom. The second kappa shape index (κ2) is 4.99. The molecule has 0 saturated heterocycles. The summed E-state index contributed by atoms with van der Waals surface area (Å²) >= 11 is 0. The summed E-state index contributed by atoms with van der Waals surface area (Å²) in [7, 11) is 0. The first-order valence-electron chi connectivity index (χ1n) is 5.85. The van der Waals surface area contributed by atoms with Crippen molar-refractivity contribution < 1.29 is 0 Å². The van der Waals surface area contributed by atoms with Crippen molar-refractivity contribution in [3.05, 3.63) is 0 Å². The monoisotopic (exact) mass is 183 g/mol. The van der Waals surface area contributed by atoms with E-state index in [-0.39, 0.29) is 0 Å². The first-order chi connectivity index (χ1) is 6.09. The molecular weight excluding hydrogens is 158 g/mol. The van der Waals surface area contributed by atoms with Crippen molar-refractivity contribution >= 4 is 0 Å². The van der Waals surface area contributed by atoms with Crippen molar-refractivity contribution in [1.29, 1.82) is 0 Å². The fourth-order valence-corrected chi connectivity index (χ4v) is 2.46. The highest BCUT2D eigenvalue weighted by atomic mass is 14.9. The van der Waals surface area contributed by atoms with Gasteiger partial charge in [0.1, 0.15) is 0 Å². The van der Waals surface area contributed by atoms with Gasteiger partial charge in [0.2, 0.25) is 0 Å². The van der Waals surface area contributed by atoms with E-state index >= 15 is 0 Å². The van der Waals surface area contributed by atoms with Gasteiger partial charge in [-0.3, -0.25) is 0 Å². The topological polar surface area (TPSA) is 12.0 Å². The molecule has 1 saturated carbocycles. The molecule has 1 heteroatoms. The molecule has 1 nitrogen and oxygen atoms in total. The van der Waals surface area contributed by atoms with E-state index in [1.165, 1.54) is 25.7 Å². The first kappa shape index (κ1) is 11.0. The van der Waals surface area contributed by atoms with Gasteiger partial charge in [-0.1, -0.05) is 40.5 Å². The third-order valence-electron chi connectivity index (χ3n) is 3.23. The van der Waals surface area contributed by atoms with Gasteiger partial charge in [0, 0.05) is 12.1 Å². The molecule has 1 aliphatic rings. The highest BCUT2D eigenvalue weighted by molar-refractivity contribution is 4.80. The number of rotatable bonds is 3. The number of hydrogen-bond donors (Lipinski definition) is 1. The van der Waals surface area contributed by atoms with Gasteiger partial charge in [-0.2, -0.15) is 0 Å². The Kier molecular flexibility index (Phi) is 4.24. The first-order valence-corrected chi connectivity index (χ1v) is 5.85. The highest BCUT2D eigenvalue weighted by Crippen LogP contribution is 2.29. The summed E-state index contributed by atoms with van der Waals surface area (Å²) in [6, 6.07) is 1.44. The molecule has 1 rings (SSSR count). The molecule has 1 N–H and O–H groups in total. The van der Waals surface area contributed by atoms with Gasteiger partial charge in [0.15, 0.2) is 0 Å². The Bertz CT molecular complexity index is 140. The molecule has 78 valence electrons. The quantitative estimate of drug-likeness (QED) is 0.708. The van der Waals surface area contributed by atoms with Crippen LogP contribution in [0.2, 0.25) is 0 Å². The van der Waals surface area contributed by atoms with E-state index in [1.807, 2.05) is 0 Å². The van der Waals surface area contributed by atoms with Crippen molar-refractivity contribution in [1.82, 2.24) is 5.32 Å². The largest absolute Gasteiger partial charge is 0.312 e. The lowest BCUT2D eigenvalue weighted by atomic mass is 9.79. The normalized spacial score (nSPS) is 30.0. The van der Waals surface area contributed by atoms with Crippen LogP contribution in [-0.4, -0.2) is 12.1 Å². The van der Waals surface area contributed by atoms with E-state index in [9.17, 15) is 0 Å². The van der Waals surface area contributed by atoms with Crippen molar-refractivity contribution in [3.63, 3.8) is 0 Å². The van der Waals surface area contributed by atoms with Crippen LogP contribution in [0.3, 0.4) is 0 Å². The Labute approximate surface area is 83.3 Å². The van der Waals surface area contributed by atoms with Gasteiger partial charge >= 0.3 is 0 Å². The SMILES string of the molecule is CC(C)NC1CCCC(C(C)C)C1. The maximum atomic E-state index is 3.67. The van der Waals surface area contributed by atoms with Crippen molar-refractivity contribution in [3.8, 4) is 0 Å². The molecular formula is C12H25N. The molecule has 0 aromatic rings. The zero-order valence-electron chi connectivity index (χ0n) is 9.64. The van der Waals surface area contributed by atoms with E-state index in [2.05, 4.69) is 33.0 Å². The van der Waals surface area contributed by atoms with Crippen molar-refractivity contribution in [2.24, 2.45) is 11.8 Å². The van der Waals surface area contributed by atoms with Crippen LogP contribution in [0.15, 0.2) is 0 Å². The van der Waals surface area contributed by atoms with E-state index in [4.69, 9.17) is 0 Å². The zero-order valence-corrected chi connectivity index (χ0v) is 9.64. The summed E-state index contributed by atoms with van der Waals surface area (Å²) in [5.74, 6) is 1.83. The van der Waals surface area contributed by atoms with Gasteiger partial charge < -0.3 is 5.32 Å². The average molecular weight is 183 g/mol. The van der Waals surface area contributed by atoms with Gasteiger partial charge in [0.25, 0.3) is 0 Å². The Morgan fingerprint density at radius 1 is 1.08 bits per heavy atom. The Morgan fingerprint density at radius 2 is 1.77 bits per heavy atom. The van der Waals surface area contributed by atoms with Crippen molar-refractivity contribution in [2.75, 3.05) is 0 Å². The smallest absolute Gasteiger partial charge is 0.00721 e. The van der Waals surface area contributed by atoms with Crippen LogP contribution in [0, 0.1) is 11.8 Å². The van der Waals surface area contributed by atoms with Crippen molar-refractivity contribution in [2.45, 2.75) is 65.5 Å². The lowest BCUT2D eigenvalue weighted by Gasteiger charge is -2.33. The summed E-state index contributed by atoms with van der Waals surface area (Å²) in [5.41, 5.74) is 0. The van der Waals surface area contributed by atoms with E-state index in [1.54, 1.807) is 0 Å². The van der Waals surface area contributed by atoms with Crippen LogP contribution < -0.4 is 5.32 Å². The molecule has 0 spiro atoms. The maximum Gasteiger partial charge on any atom is 0.00721 e. The fourth-order valence-electron chi connectivity index (χ4n) is 2.46. The zero-order chi connectivity index (χ0) is 9.84. The summed E-state index contributed by atoms with van der Waals surface area (Å²) < 4.78 is 0. The third kappa shape index (κ3) is 3.68. The minimum atomic E-state index is 0.649. The Balaban J connectivity index is 2.33. The predicted molar refractivity (Wildman–Crippen MR) is 58.9 cm³/mol. The lowest BCUT2D eigenvalue weighted by molar-refractivity contribution is 0.224. The van der Waals surface area contributed by atoms with E-state index in [0.29, 0.717) is 6.04 Å². The maximum absolute atomic E-state index is 3.67. The molecule has 0 heterocycles. The molecule has 13 heavy (non-hydrogen) atoms. The molecule has 0 amide bonds. The standard InChI is InChI=1S/C12H25N/c1-9(2)11-6-5-7-12(8-11)13-10(3)4/h9-13H,5-8H2,1-4H3. The highest BCUT2D eigenvalue weighted by Gasteiger charge is 2.23. The molecule has 0 aromatic heterocycles. The van der Waals surface area contributed by atoms with Crippen LogP contribution in [0.25, 0.3) is 0 Å². The molecule has 2 atom stereocenters. The van der Waals surface area contributed by atoms with E-state index < -0.39 is 0 Å². The minimum Gasteiger partial charge on any atom is -0.312 e. The van der Waals surface area contributed by atoms with Crippen LogP contribution >= 0.6 is 0 Å².